The van der Waals surface area contributed by atoms with Crippen LogP contribution < -0.4 is 5.32 Å². The number of aliphatic hydroxyl groups is 2. The van der Waals surface area contributed by atoms with Gasteiger partial charge in [0.1, 0.15) is 0 Å². The van der Waals surface area contributed by atoms with E-state index < -0.39 is 12.1 Å². The number of carboxylic acid groups (broad SMARTS) is 1. The monoisotopic (exact) mass is 239 g/mol. The second-order valence-corrected chi connectivity index (χ2v) is 3.94. The van der Waals surface area contributed by atoms with Gasteiger partial charge in [-0.15, -0.1) is 0 Å². The molecule has 5 nitrogen and oxygen atoms in total. The first-order valence-electron chi connectivity index (χ1n) is 5.37. The van der Waals surface area contributed by atoms with Crippen molar-refractivity contribution >= 4 is 11.7 Å². The summed E-state index contributed by atoms with van der Waals surface area (Å²) in [4.78, 5) is 10.6. The smallest absolute Gasteiger partial charge is 0.307 e. The lowest BCUT2D eigenvalue weighted by atomic mass is 10.1. The van der Waals surface area contributed by atoms with Crippen molar-refractivity contribution in [2.45, 2.75) is 19.4 Å². The lowest BCUT2D eigenvalue weighted by Gasteiger charge is -2.13. The van der Waals surface area contributed by atoms with E-state index in [0.717, 1.165) is 11.3 Å². The molecule has 1 unspecified atom stereocenters. The average Bonchev–Trinajstić information content (AvgIpc) is 2.28. The number of rotatable bonds is 6. The van der Waals surface area contributed by atoms with Crippen molar-refractivity contribution in [2.24, 2.45) is 0 Å². The number of carbonyl (C=O) groups is 1. The Hall–Kier alpha value is -1.59. The number of aliphatic hydroxyl groups excluding tert-OH is 2. The Morgan fingerprint density at radius 1 is 1.47 bits per heavy atom. The first kappa shape index (κ1) is 13.5. The fraction of sp³-hybridized carbons (Fsp3) is 0.417. The number of carboxylic acids is 1. The van der Waals surface area contributed by atoms with Gasteiger partial charge in [0.15, 0.2) is 0 Å². The van der Waals surface area contributed by atoms with E-state index in [1.165, 1.54) is 0 Å². The highest BCUT2D eigenvalue weighted by Crippen LogP contribution is 2.17. The standard InChI is InChI=1S/C12H17NO4/c1-8-2-3-9(5-12(16)17)4-11(8)13-6-10(15)7-14/h2-4,10,13-15H,5-7H2,1H3,(H,16,17). The first-order valence-corrected chi connectivity index (χ1v) is 5.37. The molecule has 0 saturated carbocycles. The maximum atomic E-state index is 10.6. The van der Waals surface area contributed by atoms with Crippen LogP contribution in [0.2, 0.25) is 0 Å². The van der Waals surface area contributed by atoms with Crippen molar-refractivity contribution in [1.29, 1.82) is 0 Å². The Labute approximate surface area is 99.7 Å². The van der Waals surface area contributed by atoms with Crippen LogP contribution in [0.3, 0.4) is 0 Å². The predicted molar refractivity (Wildman–Crippen MR) is 64.1 cm³/mol. The lowest BCUT2D eigenvalue weighted by molar-refractivity contribution is -0.136. The number of aliphatic carboxylic acids is 1. The number of nitrogens with one attached hydrogen (secondary N) is 1. The number of hydrogen-bond acceptors (Lipinski definition) is 4. The fourth-order valence-corrected chi connectivity index (χ4v) is 1.44. The summed E-state index contributed by atoms with van der Waals surface area (Å²) in [7, 11) is 0. The van der Waals surface area contributed by atoms with Crippen LogP contribution in [-0.4, -0.2) is 40.5 Å². The van der Waals surface area contributed by atoms with Gasteiger partial charge >= 0.3 is 5.97 Å². The summed E-state index contributed by atoms with van der Waals surface area (Å²) in [5.74, 6) is -0.879. The average molecular weight is 239 g/mol. The third kappa shape index (κ3) is 4.42. The Bertz CT molecular complexity index is 392. The molecule has 0 heterocycles. The van der Waals surface area contributed by atoms with Gasteiger partial charge in [-0.1, -0.05) is 12.1 Å². The number of aryl methyl sites for hydroxylation is 1. The highest BCUT2D eigenvalue weighted by molar-refractivity contribution is 5.71. The van der Waals surface area contributed by atoms with Crippen molar-refractivity contribution < 1.29 is 20.1 Å². The van der Waals surface area contributed by atoms with Crippen molar-refractivity contribution in [1.82, 2.24) is 0 Å². The number of benzene rings is 1. The second kappa shape index (κ2) is 6.22. The van der Waals surface area contributed by atoms with Gasteiger partial charge < -0.3 is 20.6 Å². The van der Waals surface area contributed by atoms with E-state index in [0.29, 0.717) is 5.56 Å². The molecule has 17 heavy (non-hydrogen) atoms. The molecule has 0 radical (unpaired) electrons. The third-order valence-corrected chi connectivity index (χ3v) is 2.40. The molecule has 1 rings (SSSR count). The molecule has 0 aliphatic heterocycles. The predicted octanol–water partition coefficient (Wildman–Crippen LogP) is 0.387. The van der Waals surface area contributed by atoms with Gasteiger partial charge in [-0.05, 0) is 24.1 Å². The zero-order chi connectivity index (χ0) is 12.8. The molecule has 0 fully saturated rings. The molecular formula is C12H17NO4. The molecular weight excluding hydrogens is 222 g/mol. The summed E-state index contributed by atoms with van der Waals surface area (Å²) in [5, 5.41) is 29.6. The van der Waals surface area contributed by atoms with E-state index in [-0.39, 0.29) is 19.6 Å². The fourth-order valence-electron chi connectivity index (χ4n) is 1.44. The van der Waals surface area contributed by atoms with Gasteiger partial charge in [0.2, 0.25) is 0 Å². The Balaban J connectivity index is 2.72. The SMILES string of the molecule is Cc1ccc(CC(=O)O)cc1NCC(O)CO. The highest BCUT2D eigenvalue weighted by Gasteiger charge is 2.06. The Morgan fingerprint density at radius 2 is 2.18 bits per heavy atom. The molecule has 0 aliphatic rings. The first-order chi connectivity index (χ1) is 8.02. The molecule has 0 saturated heterocycles. The largest absolute Gasteiger partial charge is 0.481 e. The van der Waals surface area contributed by atoms with E-state index in [4.69, 9.17) is 10.2 Å². The molecule has 1 aromatic rings. The maximum Gasteiger partial charge on any atom is 0.307 e. The van der Waals surface area contributed by atoms with E-state index in [1.54, 1.807) is 12.1 Å². The zero-order valence-corrected chi connectivity index (χ0v) is 9.68. The van der Waals surface area contributed by atoms with Crippen molar-refractivity contribution in [3.05, 3.63) is 29.3 Å². The van der Waals surface area contributed by atoms with Gasteiger partial charge in [-0.2, -0.15) is 0 Å². The summed E-state index contributed by atoms with van der Waals surface area (Å²) in [6.45, 7) is 1.81. The van der Waals surface area contributed by atoms with Crippen molar-refractivity contribution in [2.75, 3.05) is 18.5 Å². The van der Waals surface area contributed by atoms with Crippen molar-refractivity contribution in [3.63, 3.8) is 0 Å². The molecule has 4 N–H and O–H groups in total. The third-order valence-electron chi connectivity index (χ3n) is 2.40. The summed E-state index contributed by atoms with van der Waals surface area (Å²) >= 11 is 0. The molecule has 0 aliphatic carbocycles. The van der Waals surface area contributed by atoms with Crippen molar-refractivity contribution in [3.8, 4) is 0 Å². The molecule has 0 aromatic heterocycles. The topological polar surface area (TPSA) is 89.8 Å². The molecule has 0 spiro atoms. The maximum absolute atomic E-state index is 10.6. The van der Waals surface area contributed by atoms with Crippen LogP contribution in [0.1, 0.15) is 11.1 Å². The Morgan fingerprint density at radius 3 is 2.76 bits per heavy atom. The quantitative estimate of drug-likeness (QED) is 0.576. The van der Waals surface area contributed by atoms with Gasteiger partial charge in [-0.3, -0.25) is 4.79 Å². The summed E-state index contributed by atoms with van der Waals surface area (Å²) in [6.07, 6.45) is -0.852. The minimum Gasteiger partial charge on any atom is -0.481 e. The zero-order valence-electron chi connectivity index (χ0n) is 9.68. The molecule has 0 bridgehead atoms. The summed E-state index contributed by atoms with van der Waals surface area (Å²) < 4.78 is 0. The van der Waals surface area contributed by atoms with Crippen LogP contribution in [0.15, 0.2) is 18.2 Å². The van der Waals surface area contributed by atoms with Gasteiger partial charge in [0, 0.05) is 12.2 Å². The minimum absolute atomic E-state index is 0.0302. The lowest BCUT2D eigenvalue weighted by Crippen LogP contribution is -2.23. The minimum atomic E-state index is -0.879. The van der Waals surface area contributed by atoms with Crippen LogP contribution in [0, 0.1) is 6.92 Å². The van der Waals surface area contributed by atoms with Gasteiger partial charge in [0.05, 0.1) is 19.1 Å². The van der Waals surface area contributed by atoms with Crippen LogP contribution in [-0.2, 0) is 11.2 Å². The van der Waals surface area contributed by atoms with Gasteiger partial charge in [0.25, 0.3) is 0 Å². The summed E-state index contributed by atoms with van der Waals surface area (Å²) in [6, 6.07) is 5.33. The molecule has 1 aromatic carbocycles. The van der Waals surface area contributed by atoms with E-state index >= 15 is 0 Å². The number of anilines is 1. The molecule has 1 atom stereocenters. The van der Waals surface area contributed by atoms with Crippen LogP contribution in [0.5, 0.6) is 0 Å². The highest BCUT2D eigenvalue weighted by atomic mass is 16.4. The van der Waals surface area contributed by atoms with Gasteiger partial charge in [-0.25, -0.2) is 0 Å². The van der Waals surface area contributed by atoms with E-state index in [9.17, 15) is 9.90 Å². The van der Waals surface area contributed by atoms with Crippen LogP contribution in [0.25, 0.3) is 0 Å². The summed E-state index contributed by atoms with van der Waals surface area (Å²) in [5.41, 5.74) is 2.43. The van der Waals surface area contributed by atoms with E-state index in [1.807, 2.05) is 13.0 Å². The normalized spacial score (nSPS) is 12.2. The van der Waals surface area contributed by atoms with Crippen LogP contribution >= 0.6 is 0 Å². The van der Waals surface area contributed by atoms with Crippen LogP contribution in [0.4, 0.5) is 5.69 Å². The molecule has 5 heteroatoms. The van der Waals surface area contributed by atoms with E-state index in [2.05, 4.69) is 5.32 Å². The Kier molecular flexibility index (Phi) is 4.93. The second-order valence-electron chi connectivity index (χ2n) is 3.94. The number of hydrogen-bond donors (Lipinski definition) is 4. The molecule has 94 valence electrons. The molecule has 0 amide bonds.